The molecule has 5 aliphatic heterocycles. The van der Waals surface area contributed by atoms with Gasteiger partial charge in [-0.05, 0) is 182 Å². The number of hydrogen-bond donors (Lipinski definition) is 3. The quantitative estimate of drug-likeness (QED) is 0.0564. The van der Waals surface area contributed by atoms with E-state index in [0.717, 1.165) is 41.5 Å². The van der Waals surface area contributed by atoms with Crippen molar-refractivity contribution in [3.8, 4) is 85.0 Å². The Labute approximate surface area is 683 Å². The van der Waals surface area contributed by atoms with E-state index >= 15 is 0 Å². The maximum absolute atomic E-state index is 14.3. The van der Waals surface area contributed by atoms with Gasteiger partial charge >= 0.3 is 0 Å². The number of hydrogen-bond acceptors (Lipinski definition) is 20. The molecule has 630 valence electrons. The topological polar surface area (TPSA) is 275 Å². The maximum Gasteiger partial charge on any atom is 0.218 e. The molecule has 0 amide bonds. The number of pyridine rings is 5. The number of aliphatic hydroxyl groups is 3. The summed E-state index contributed by atoms with van der Waals surface area (Å²) in [6, 6.07) is 24.3. The number of methoxy groups -OCH3 is 2. The number of aromatic nitrogens is 5. The number of ether oxygens (including phenoxy) is 7. The molecule has 5 aliphatic rings. The summed E-state index contributed by atoms with van der Waals surface area (Å²) in [7, 11) is 3.16. The van der Waals surface area contributed by atoms with Crippen LogP contribution in [-0.2, 0) is 41.6 Å². The molecule has 0 radical (unpaired) electrons. The van der Waals surface area contributed by atoms with Crippen LogP contribution in [0.25, 0.3) is 55.6 Å². The van der Waals surface area contributed by atoms with E-state index in [1.807, 2.05) is 20.8 Å². The first-order valence-electron chi connectivity index (χ1n) is 38.3. The highest BCUT2D eigenvalue weighted by Crippen LogP contribution is 2.44. The summed E-state index contributed by atoms with van der Waals surface area (Å²) in [5.41, 5.74) is 7.64. The highest BCUT2D eigenvalue weighted by molar-refractivity contribution is 5.97. The summed E-state index contributed by atoms with van der Waals surface area (Å²) < 4.78 is 176. The Kier molecular flexibility index (Phi) is 29.0. The van der Waals surface area contributed by atoms with Crippen LogP contribution >= 0.6 is 0 Å². The number of carbonyl (C=O) groups excluding carboxylic acids is 5. The van der Waals surface area contributed by atoms with Crippen LogP contribution in [0.2, 0.25) is 0 Å². The average Bonchev–Trinajstić information content (AvgIpc) is 0.795. The zero-order chi connectivity index (χ0) is 86.8. The van der Waals surface area contributed by atoms with Gasteiger partial charge in [-0.2, -0.15) is 0 Å². The molecule has 20 nitrogen and oxygen atoms in total. The van der Waals surface area contributed by atoms with Gasteiger partial charge < -0.3 is 48.5 Å². The van der Waals surface area contributed by atoms with Crippen molar-refractivity contribution in [1.29, 1.82) is 0 Å². The SMILES string of the molecule is CC(=O)c1cc(-c2ccc(F)cc2F)c2c(n1)O[C@@H](CO)[C@H](C)C2.CC(=O)c1cc(-c2ccc(F)cc2F)c2c(n1)O[C@H](CO)[C@@H](C)C2.CC(=O)c1cc(-c2ccc(F)cc2F)c2c(n1)O[C@H](CO)[C@H](C)C2.COC[C@@H]1CCc2c(-c3ccc(F)cc3F)cc(C(C)=O)nc2O1.COC[C@H]1CCc2c(-c3ccc(F)cc3F)cc(C(C)=O)nc2O1. The number of aliphatic hydroxyl groups excluding tert-OH is 3. The van der Waals surface area contributed by atoms with E-state index in [1.54, 1.807) is 14.2 Å². The van der Waals surface area contributed by atoms with Gasteiger partial charge in [0.25, 0.3) is 0 Å². The van der Waals surface area contributed by atoms with Gasteiger partial charge in [-0.3, -0.25) is 24.0 Å². The molecule has 0 bridgehead atoms. The van der Waals surface area contributed by atoms with E-state index in [4.69, 9.17) is 33.2 Å². The maximum atomic E-state index is 14.3. The minimum Gasteiger partial charge on any atom is -0.472 e. The Morgan fingerprint density at radius 2 is 0.533 bits per heavy atom. The van der Waals surface area contributed by atoms with E-state index in [9.17, 15) is 83.2 Å². The minimum atomic E-state index is -0.713. The number of nitrogens with zero attached hydrogens (tertiary/aromatic N) is 5. The molecule has 8 atom stereocenters. The van der Waals surface area contributed by atoms with Crippen LogP contribution in [0.4, 0.5) is 43.9 Å². The molecule has 5 aromatic heterocycles. The molecule has 30 heteroatoms. The Morgan fingerprint density at radius 3 is 0.725 bits per heavy atom. The van der Waals surface area contributed by atoms with Gasteiger partial charge in [0, 0.05) is 135 Å². The number of carbonyl (C=O) groups is 5. The molecule has 0 unspecified atom stereocenters. The second-order valence-corrected chi connectivity index (χ2v) is 29.6. The third-order valence-corrected chi connectivity index (χ3v) is 20.8. The highest BCUT2D eigenvalue weighted by Gasteiger charge is 2.36. The van der Waals surface area contributed by atoms with Crippen LogP contribution in [0.1, 0.15) is 148 Å². The first-order chi connectivity index (χ1) is 57.2. The van der Waals surface area contributed by atoms with Crippen molar-refractivity contribution < 1.29 is 116 Å². The van der Waals surface area contributed by atoms with Gasteiger partial charge in [0.1, 0.15) is 117 Å². The average molecular weight is 1670 g/mol. The van der Waals surface area contributed by atoms with E-state index in [-0.39, 0.29) is 153 Å². The van der Waals surface area contributed by atoms with Crippen molar-refractivity contribution in [3.05, 3.63) is 236 Å². The van der Waals surface area contributed by atoms with Crippen LogP contribution in [0.5, 0.6) is 29.4 Å². The van der Waals surface area contributed by atoms with E-state index in [0.29, 0.717) is 114 Å². The molecule has 0 saturated heterocycles. The summed E-state index contributed by atoms with van der Waals surface area (Å²) in [6.07, 6.45) is 2.52. The molecular formula is C90H85F10N5O15. The van der Waals surface area contributed by atoms with Crippen LogP contribution < -0.4 is 23.7 Å². The number of fused-ring (bicyclic) bond motifs is 5. The second kappa shape index (κ2) is 39.0. The molecule has 0 fully saturated rings. The zero-order valence-electron chi connectivity index (χ0n) is 66.9. The number of rotatable bonds is 17. The van der Waals surface area contributed by atoms with Crippen LogP contribution in [0.3, 0.4) is 0 Å². The zero-order valence-corrected chi connectivity index (χ0v) is 66.9. The minimum absolute atomic E-state index is 0.00487. The van der Waals surface area contributed by atoms with Gasteiger partial charge in [-0.15, -0.1) is 0 Å². The molecule has 0 saturated carbocycles. The molecule has 0 aliphatic carbocycles. The first-order valence-corrected chi connectivity index (χ1v) is 38.3. The molecule has 15 rings (SSSR count). The molecule has 120 heavy (non-hydrogen) atoms. The summed E-state index contributed by atoms with van der Waals surface area (Å²) in [4.78, 5) is 79.9. The summed E-state index contributed by atoms with van der Waals surface area (Å²) >= 11 is 0. The van der Waals surface area contributed by atoms with Crippen LogP contribution in [0, 0.1) is 75.9 Å². The molecule has 0 spiro atoms. The second-order valence-electron chi connectivity index (χ2n) is 29.6. The lowest BCUT2D eigenvalue weighted by Gasteiger charge is -2.31. The van der Waals surface area contributed by atoms with Crippen LogP contribution in [0.15, 0.2) is 121 Å². The number of ketones is 5. The molecule has 10 heterocycles. The largest absolute Gasteiger partial charge is 0.472 e. The first kappa shape index (κ1) is 89.1. The fourth-order valence-electron chi connectivity index (χ4n) is 14.4. The third-order valence-electron chi connectivity index (χ3n) is 20.8. The van der Waals surface area contributed by atoms with Gasteiger partial charge in [0.05, 0.1) is 33.0 Å². The fourth-order valence-corrected chi connectivity index (χ4v) is 14.4. The van der Waals surface area contributed by atoms with Crippen LogP contribution in [-0.4, -0.2) is 147 Å². The van der Waals surface area contributed by atoms with Gasteiger partial charge in [-0.1, -0.05) is 20.8 Å². The summed E-state index contributed by atoms with van der Waals surface area (Å²) in [6.45, 7) is 12.9. The van der Waals surface area contributed by atoms with Gasteiger partial charge in [0.15, 0.2) is 28.9 Å². The van der Waals surface area contributed by atoms with Crippen molar-refractivity contribution >= 4 is 28.9 Å². The van der Waals surface area contributed by atoms with Gasteiger partial charge in [-0.25, -0.2) is 68.8 Å². The molecular weight excluding hydrogens is 1580 g/mol. The lowest BCUT2D eigenvalue weighted by atomic mass is 9.88. The standard InChI is InChI=1S/5C18H17F2NO3/c2*1-10(22)17-8-15(13-5-3-11(19)7-16(13)20)14-6-4-12(9-23-2)24-18(14)21-17;3*1-9-5-14-13(12-4-3-11(19)6-15(12)20)7-16(10(2)23)21-18(14)24-17(9)8-22/h2*3,5,7-8,12H,4,6,9H2,1-2H3;3*3-4,6-7,9,17,22H,5,8H2,1-2H3/t2*12-;2*9-,17+;9-,17-/m10101/s1. The summed E-state index contributed by atoms with van der Waals surface area (Å²) in [5, 5.41) is 28.2. The predicted molar refractivity (Wildman–Crippen MR) is 420 cm³/mol. The van der Waals surface area contributed by atoms with E-state index in [2.05, 4.69) is 24.9 Å². The Bertz CT molecular complexity index is 5110. The molecule has 3 N–H and O–H groups in total. The lowest BCUT2D eigenvalue weighted by molar-refractivity contribution is 0.0561. The summed E-state index contributed by atoms with van der Waals surface area (Å²) in [5.74, 6) is -6.91. The van der Waals surface area contributed by atoms with E-state index < -0.39 is 76.5 Å². The van der Waals surface area contributed by atoms with Crippen molar-refractivity contribution in [1.82, 2.24) is 24.9 Å². The highest BCUT2D eigenvalue weighted by atomic mass is 19.2. The molecule has 10 aromatic rings. The Hall–Kier alpha value is -11.7. The Morgan fingerprint density at radius 1 is 0.325 bits per heavy atom. The third kappa shape index (κ3) is 20.6. The number of Topliss-reactive ketones (excluding diaryl/α,β-unsaturated/α-hetero) is 5. The van der Waals surface area contributed by atoms with Crippen molar-refractivity contribution in [3.63, 3.8) is 0 Å². The van der Waals surface area contributed by atoms with Crippen molar-refractivity contribution in [2.45, 2.75) is 131 Å². The number of benzene rings is 5. The monoisotopic (exact) mass is 1670 g/mol. The van der Waals surface area contributed by atoms with Gasteiger partial charge in [0.2, 0.25) is 29.4 Å². The van der Waals surface area contributed by atoms with E-state index in [1.165, 1.54) is 126 Å². The predicted octanol–water partition coefficient (Wildman–Crippen LogP) is 16.6. The smallest absolute Gasteiger partial charge is 0.218 e. The lowest BCUT2D eigenvalue weighted by Crippen LogP contribution is -2.35. The fraction of sp³-hybridized carbons (Fsp3) is 0.333. The Balaban J connectivity index is 0.000000147. The number of halogens is 10. The van der Waals surface area contributed by atoms with Crippen molar-refractivity contribution in [2.24, 2.45) is 17.8 Å². The van der Waals surface area contributed by atoms with Crippen molar-refractivity contribution in [2.75, 3.05) is 47.3 Å². The normalized spacial score (nSPS) is 18.3. The molecule has 5 aromatic carbocycles.